The maximum atomic E-state index is 11.0. The van der Waals surface area contributed by atoms with Crippen LogP contribution in [0.4, 0.5) is 0 Å². The molecular formula is C9H15NO2. The molecule has 0 N–H and O–H groups in total. The highest BCUT2D eigenvalue weighted by Gasteiger charge is 2.18. The van der Waals surface area contributed by atoms with E-state index in [9.17, 15) is 4.79 Å². The molecule has 0 saturated carbocycles. The van der Waals surface area contributed by atoms with Gasteiger partial charge < -0.3 is 9.64 Å². The molecule has 1 aliphatic heterocycles. The molecule has 0 aliphatic carbocycles. The van der Waals surface area contributed by atoms with Gasteiger partial charge in [0.2, 0.25) is 0 Å². The molecule has 0 atom stereocenters. The maximum Gasteiger partial charge on any atom is 0.335 e. The summed E-state index contributed by atoms with van der Waals surface area (Å²) in [4.78, 5) is 13.1. The van der Waals surface area contributed by atoms with E-state index in [1.54, 1.807) is 0 Å². The predicted molar refractivity (Wildman–Crippen MR) is 46.6 cm³/mol. The van der Waals surface area contributed by atoms with Crippen molar-refractivity contribution in [2.45, 2.75) is 20.3 Å². The highest BCUT2D eigenvalue weighted by Crippen LogP contribution is 2.13. The third-order valence-electron chi connectivity index (χ3n) is 2.02. The Morgan fingerprint density at radius 3 is 2.58 bits per heavy atom. The van der Waals surface area contributed by atoms with Crippen LogP contribution < -0.4 is 0 Å². The summed E-state index contributed by atoms with van der Waals surface area (Å²) >= 11 is 0. The van der Waals surface area contributed by atoms with Gasteiger partial charge in [-0.15, -0.1) is 0 Å². The quantitative estimate of drug-likeness (QED) is 0.469. The topological polar surface area (TPSA) is 29.5 Å². The Kier molecular flexibility index (Phi) is 3.14. The summed E-state index contributed by atoms with van der Waals surface area (Å²) in [5.41, 5.74) is 0.804. The molecule has 1 aliphatic rings. The molecule has 0 radical (unpaired) electrons. The molecule has 0 aromatic rings. The third-order valence-corrected chi connectivity index (χ3v) is 2.02. The number of carbonyl (C=O) groups excluding carboxylic acids is 1. The normalized spacial score (nSPS) is 19.8. The van der Waals surface area contributed by atoms with Crippen LogP contribution in [0, 0.1) is 0 Å². The van der Waals surface area contributed by atoms with E-state index in [2.05, 4.69) is 18.7 Å². The summed E-state index contributed by atoms with van der Waals surface area (Å²) in [7, 11) is 0. The number of hydrogen-bond donors (Lipinski definition) is 0. The van der Waals surface area contributed by atoms with E-state index in [1.165, 1.54) is 0 Å². The van der Waals surface area contributed by atoms with Crippen LogP contribution in [0.5, 0.6) is 0 Å². The summed E-state index contributed by atoms with van der Waals surface area (Å²) in [6.45, 7) is 6.56. The molecule has 0 aromatic heterocycles. The average Bonchev–Trinajstić information content (AvgIpc) is 2.47. The third kappa shape index (κ3) is 2.00. The van der Waals surface area contributed by atoms with E-state index in [0.29, 0.717) is 6.61 Å². The first-order chi connectivity index (χ1) is 5.77. The van der Waals surface area contributed by atoms with Crippen LogP contribution in [0.1, 0.15) is 20.3 Å². The van der Waals surface area contributed by atoms with Gasteiger partial charge in [-0.05, 0) is 13.8 Å². The lowest BCUT2D eigenvalue weighted by Gasteiger charge is -2.15. The van der Waals surface area contributed by atoms with Crippen molar-refractivity contribution in [1.29, 1.82) is 0 Å². The minimum absolute atomic E-state index is 0.151. The summed E-state index contributed by atoms with van der Waals surface area (Å²) in [5.74, 6) is -0.151. The van der Waals surface area contributed by atoms with E-state index in [0.717, 1.165) is 25.1 Å². The molecule has 0 unspecified atom stereocenters. The standard InChI is InChI=1S/C9H15NO2/c1-3-10(4-2)7-8-5-6-12-9(8)11/h7H,3-6H2,1-2H3. The smallest absolute Gasteiger partial charge is 0.335 e. The van der Waals surface area contributed by atoms with Gasteiger partial charge in [0.15, 0.2) is 0 Å². The van der Waals surface area contributed by atoms with Crippen LogP contribution in [0.3, 0.4) is 0 Å². The summed E-state index contributed by atoms with van der Waals surface area (Å²) in [5, 5.41) is 0. The highest BCUT2D eigenvalue weighted by molar-refractivity contribution is 5.90. The number of esters is 1. The zero-order valence-electron chi connectivity index (χ0n) is 7.67. The second-order valence-electron chi connectivity index (χ2n) is 2.76. The first-order valence-corrected chi connectivity index (χ1v) is 4.39. The molecule has 1 rings (SSSR count). The Balaban J connectivity index is 2.59. The van der Waals surface area contributed by atoms with E-state index >= 15 is 0 Å². The molecule has 0 aromatic carbocycles. The predicted octanol–water partition coefficient (Wildman–Crippen LogP) is 1.16. The Bertz CT molecular complexity index is 195. The van der Waals surface area contributed by atoms with E-state index < -0.39 is 0 Å². The van der Waals surface area contributed by atoms with Gasteiger partial charge in [0.05, 0.1) is 12.2 Å². The molecule has 12 heavy (non-hydrogen) atoms. The van der Waals surface area contributed by atoms with Crippen molar-refractivity contribution < 1.29 is 9.53 Å². The SMILES string of the molecule is CCN(C=C1CCOC1=O)CC. The molecule has 1 fully saturated rings. The Labute approximate surface area is 73.0 Å². The van der Waals surface area contributed by atoms with Crippen LogP contribution in [0.15, 0.2) is 11.8 Å². The fourth-order valence-corrected chi connectivity index (χ4v) is 1.19. The van der Waals surface area contributed by atoms with Crippen molar-refractivity contribution >= 4 is 5.97 Å². The fourth-order valence-electron chi connectivity index (χ4n) is 1.19. The number of cyclic esters (lactones) is 1. The Morgan fingerprint density at radius 1 is 1.50 bits per heavy atom. The van der Waals surface area contributed by atoms with Gasteiger partial charge in [-0.1, -0.05) is 0 Å². The van der Waals surface area contributed by atoms with E-state index in [-0.39, 0.29) is 5.97 Å². The van der Waals surface area contributed by atoms with Gasteiger partial charge in [-0.3, -0.25) is 0 Å². The van der Waals surface area contributed by atoms with Gasteiger partial charge >= 0.3 is 5.97 Å². The number of ether oxygens (including phenoxy) is 1. The van der Waals surface area contributed by atoms with Crippen molar-refractivity contribution in [1.82, 2.24) is 4.90 Å². The summed E-state index contributed by atoms with van der Waals surface area (Å²) in [6.07, 6.45) is 2.67. The van der Waals surface area contributed by atoms with Crippen molar-refractivity contribution in [3.63, 3.8) is 0 Å². The molecular weight excluding hydrogens is 154 g/mol. The Hall–Kier alpha value is -0.990. The van der Waals surface area contributed by atoms with Crippen LogP contribution in [-0.4, -0.2) is 30.6 Å². The lowest BCUT2D eigenvalue weighted by molar-refractivity contribution is -0.135. The van der Waals surface area contributed by atoms with Gasteiger partial charge in [0.25, 0.3) is 0 Å². The van der Waals surface area contributed by atoms with E-state index in [4.69, 9.17) is 4.74 Å². The van der Waals surface area contributed by atoms with Crippen LogP contribution in [0.2, 0.25) is 0 Å². The molecule has 0 spiro atoms. The van der Waals surface area contributed by atoms with Crippen molar-refractivity contribution in [2.75, 3.05) is 19.7 Å². The largest absolute Gasteiger partial charge is 0.462 e. The van der Waals surface area contributed by atoms with Crippen molar-refractivity contribution in [2.24, 2.45) is 0 Å². The van der Waals surface area contributed by atoms with E-state index in [1.807, 2.05) is 6.20 Å². The first-order valence-electron chi connectivity index (χ1n) is 4.39. The second kappa shape index (κ2) is 4.14. The molecule has 0 bridgehead atoms. The molecule has 3 heteroatoms. The highest BCUT2D eigenvalue weighted by atomic mass is 16.5. The number of hydrogen-bond acceptors (Lipinski definition) is 3. The Morgan fingerprint density at radius 2 is 2.17 bits per heavy atom. The van der Waals surface area contributed by atoms with Crippen LogP contribution in [-0.2, 0) is 9.53 Å². The van der Waals surface area contributed by atoms with Crippen molar-refractivity contribution in [3.05, 3.63) is 11.8 Å². The zero-order chi connectivity index (χ0) is 8.97. The van der Waals surface area contributed by atoms with Gasteiger partial charge in [0, 0.05) is 25.7 Å². The van der Waals surface area contributed by atoms with Crippen LogP contribution >= 0.6 is 0 Å². The molecule has 1 saturated heterocycles. The number of carbonyl (C=O) groups is 1. The molecule has 68 valence electrons. The summed E-state index contributed by atoms with van der Waals surface area (Å²) < 4.78 is 4.82. The van der Waals surface area contributed by atoms with Crippen LogP contribution in [0.25, 0.3) is 0 Å². The maximum absolute atomic E-state index is 11.0. The number of rotatable bonds is 3. The molecule has 3 nitrogen and oxygen atoms in total. The lowest BCUT2D eigenvalue weighted by atomic mass is 10.2. The van der Waals surface area contributed by atoms with Gasteiger partial charge in [0.1, 0.15) is 0 Å². The number of nitrogens with zero attached hydrogens (tertiary/aromatic N) is 1. The monoisotopic (exact) mass is 169 g/mol. The van der Waals surface area contributed by atoms with Gasteiger partial charge in [-0.25, -0.2) is 4.79 Å². The minimum atomic E-state index is -0.151. The second-order valence-corrected chi connectivity index (χ2v) is 2.76. The van der Waals surface area contributed by atoms with Gasteiger partial charge in [-0.2, -0.15) is 0 Å². The minimum Gasteiger partial charge on any atom is -0.462 e. The molecule has 1 heterocycles. The summed E-state index contributed by atoms with van der Waals surface area (Å²) in [6, 6.07) is 0. The lowest BCUT2D eigenvalue weighted by Crippen LogP contribution is -2.17. The fraction of sp³-hybridized carbons (Fsp3) is 0.667. The zero-order valence-corrected chi connectivity index (χ0v) is 7.67. The first kappa shape index (κ1) is 9.10. The average molecular weight is 169 g/mol. The molecule has 0 amide bonds. The van der Waals surface area contributed by atoms with Crippen molar-refractivity contribution in [3.8, 4) is 0 Å².